The van der Waals surface area contributed by atoms with Gasteiger partial charge in [-0.2, -0.15) is 8.42 Å². The first-order valence-corrected chi connectivity index (χ1v) is 3.58. The second-order valence-corrected chi connectivity index (χ2v) is 3.12. The van der Waals surface area contributed by atoms with E-state index in [-0.39, 0.29) is 0 Å². The Kier molecular flexibility index (Phi) is 1.26. The maximum absolute atomic E-state index is 10.6. The SMILES string of the molecule is O=S(=O)(F)P. The van der Waals surface area contributed by atoms with Gasteiger partial charge in [-0.3, -0.25) is 0 Å². The lowest BCUT2D eigenvalue weighted by Gasteiger charge is -1.63. The van der Waals surface area contributed by atoms with Crippen LogP contribution in [-0.4, -0.2) is 8.42 Å². The summed E-state index contributed by atoms with van der Waals surface area (Å²) in [5.41, 5.74) is 0. The lowest BCUT2D eigenvalue weighted by Crippen LogP contribution is -1.65. The molecule has 0 aliphatic heterocycles. The van der Waals surface area contributed by atoms with Crippen molar-refractivity contribution in [1.29, 1.82) is 0 Å². The van der Waals surface area contributed by atoms with Crippen molar-refractivity contribution in [3.63, 3.8) is 0 Å². The molecule has 2 nitrogen and oxygen atoms in total. The Bertz CT molecular complexity index is 92.8. The molecule has 0 fully saturated rings. The van der Waals surface area contributed by atoms with Gasteiger partial charge in [-0.25, -0.2) is 0 Å². The van der Waals surface area contributed by atoms with Crippen molar-refractivity contribution in [2.75, 3.05) is 0 Å². The first kappa shape index (κ1) is 5.31. The summed E-state index contributed by atoms with van der Waals surface area (Å²) in [7, 11) is -3.23. The quantitative estimate of drug-likeness (QED) is 0.331. The van der Waals surface area contributed by atoms with Gasteiger partial charge >= 0.3 is 9.84 Å². The summed E-state index contributed by atoms with van der Waals surface area (Å²) in [6.45, 7) is 0. The van der Waals surface area contributed by atoms with Crippen molar-refractivity contribution in [3.05, 3.63) is 0 Å². The second-order valence-electron chi connectivity index (χ2n) is 0.476. The van der Waals surface area contributed by atoms with Crippen LogP contribution in [0, 0.1) is 0 Å². The van der Waals surface area contributed by atoms with Crippen molar-refractivity contribution in [2.45, 2.75) is 0 Å². The Morgan fingerprint density at radius 1 is 1.60 bits per heavy atom. The van der Waals surface area contributed by atoms with Gasteiger partial charge in [0.05, 0.1) is 0 Å². The van der Waals surface area contributed by atoms with Gasteiger partial charge in [-0.05, 0) is 0 Å². The average molecular weight is 116 g/mol. The third-order valence-electron chi connectivity index (χ3n) is 0. The molecule has 0 aliphatic rings. The minimum atomic E-state index is -4.25. The fourth-order valence-electron chi connectivity index (χ4n) is 0. The van der Waals surface area contributed by atoms with Gasteiger partial charge in [0.25, 0.3) is 0 Å². The summed E-state index contributed by atoms with van der Waals surface area (Å²) < 4.78 is 28.5. The highest BCUT2D eigenvalue weighted by Crippen LogP contribution is 1.97. The molecule has 0 saturated carbocycles. The maximum Gasteiger partial charge on any atom is 0.312 e. The van der Waals surface area contributed by atoms with E-state index in [2.05, 4.69) is 0 Å². The van der Waals surface area contributed by atoms with Crippen molar-refractivity contribution >= 4 is 18.3 Å². The molecule has 0 radical (unpaired) electrons. The van der Waals surface area contributed by atoms with E-state index in [9.17, 15) is 3.89 Å². The van der Waals surface area contributed by atoms with Crippen LogP contribution in [0.15, 0.2) is 0 Å². The monoisotopic (exact) mass is 116 g/mol. The lowest BCUT2D eigenvalue weighted by atomic mass is 15.9. The van der Waals surface area contributed by atoms with Gasteiger partial charge in [-0.1, -0.05) is 0 Å². The third-order valence-corrected chi connectivity index (χ3v) is 0. The zero-order valence-corrected chi connectivity index (χ0v) is 4.15. The molecule has 0 aromatic rings. The fourth-order valence-corrected chi connectivity index (χ4v) is 0. The molecule has 5 heavy (non-hydrogen) atoms. The van der Waals surface area contributed by atoms with Crippen LogP contribution >= 0.6 is 8.44 Å². The Balaban J connectivity index is 4.06. The van der Waals surface area contributed by atoms with Crippen LogP contribution in [0.5, 0.6) is 0 Å². The van der Waals surface area contributed by atoms with Crippen LogP contribution in [-0.2, 0) is 9.84 Å². The Morgan fingerprint density at radius 2 is 1.60 bits per heavy atom. The Labute approximate surface area is 31.5 Å². The van der Waals surface area contributed by atoms with Crippen LogP contribution in [0.4, 0.5) is 3.89 Å². The molecule has 0 spiro atoms. The lowest BCUT2D eigenvalue weighted by molar-refractivity contribution is 0.570. The molecule has 0 aliphatic carbocycles. The zero-order chi connectivity index (χ0) is 4.50. The third kappa shape index (κ3) is 239. The Morgan fingerprint density at radius 3 is 1.60 bits per heavy atom. The van der Waals surface area contributed by atoms with Gasteiger partial charge in [0.2, 0.25) is 0 Å². The van der Waals surface area contributed by atoms with Crippen LogP contribution in [0.25, 0.3) is 0 Å². The highest BCUT2D eigenvalue weighted by atomic mass is 32.8. The van der Waals surface area contributed by atoms with Gasteiger partial charge in [-0.15, -0.1) is 3.89 Å². The summed E-state index contributed by atoms with van der Waals surface area (Å²) in [4.78, 5) is 0. The van der Waals surface area contributed by atoms with Crippen LogP contribution < -0.4 is 0 Å². The van der Waals surface area contributed by atoms with Crippen LogP contribution in [0.2, 0.25) is 0 Å². The van der Waals surface area contributed by atoms with Crippen molar-refractivity contribution in [2.24, 2.45) is 0 Å². The van der Waals surface area contributed by atoms with E-state index >= 15 is 0 Å². The summed E-state index contributed by atoms with van der Waals surface area (Å²) in [5.74, 6) is 0. The molecule has 0 heterocycles. The topological polar surface area (TPSA) is 34.1 Å². The summed E-state index contributed by atoms with van der Waals surface area (Å²) in [5, 5.41) is 0. The molecule has 0 bridgehead atoms. The van der Waals surface area contributed by atoms with Crippen molar-refractivity contribution < 1.29 is 12.3 Å². The normalized spacial score (nSPS) is 11.6. The zero-order valence-electron chi connectivity index (χ0n) is 2.18. The van der Waals surface area contributed by atoms with E-state index in [0.29, 0.717) is 0 Å². The average Bonchev–Trinajstić information content (AvgIpc) is 0.722. The number of hydrogen-bond donors (Lipinski definition) is 0. The number of halogens is 1. The minimum absolute atomic E-state index is 1.02. The molecule has 0 N–H and O–H groups in total. The molecule has 5 heteroatoms. The molecule has 0 amide bonds. The largest absolute Gasteiger partial charge is 0.312 e. The van der Waals surface area contributed by atoms with Gasteiger partial charge < -0.3 is 0 Å². The predicted octanol–water partition coefficient (Wildman–Crippen LogP) is 0.0758. The molecule has 32 valence electrons. The molecule has 0 aromatic carbocycles. The molecule has 0 saturated heterocycles. The number of hydrogen-bond acceptors (Lipinski definition) is 2. The Hall–Kier alpha value is 0.310. The summed E-state index contributed by atoms with van der Waals surface area (Å²) in [6.07, 6.45) is 0. The van der Waals surface area contributed by atoms with E-state index in [1.54, 1.807) is 0 Å². The molecule has 0 aromatic heterocycles. The van der Waals surface area contributed by atoms with E-state index in [1.807, 2.05) is 0 Å². The van der Waals surface area contributed by atoms with Crippen molar-refractivity contribution in [1.82, 2.24) is 0 Å². The highest BCUT2D eigenvalue weighted by molar-refractivity contribution is 8.34. The first-order chi connectivity index (χ1) is 2.00. The second kappa shape index (κ2) is 1.19. The maximum atomic E-state index is 10.6. The fraction of sp³-hybridized carbons (Fsp3) is 0. The molecule has 0 rings (SSSR count). The van der Waals surface area contributed by atoms with E-state index < -0.39 is 9.84 Å². The van der Waals surface area contributed by atoms with E-state index in [0.717, 1.165) is 8.44 Å². The smallest absolute Gasteiger partial charge is 0.191 e. The van der Waals surface area contributed by atoms with E-state index in [4.69, 9.17) is 8.42 Å². The van der Waals surface area contributed by atoms with Crippen LogP contribution in [0.3, 0.4) is 0 Å². The van der Waals surface area contributed by atoms with Crippen molar-refractivity contribution in [3.8, 4) is 0 Å². The predicted molar refractivity (Wildman–Crippen MR) is 19.7 cm³/mol. The number of rotatable bonds is 0. The minimum Gasteiger partial charge on any atom is -0.191 e. The standard InChI is InChI=1S/FH2O2PS/c1-5(2,3)4/h4H2. The van der Waals surface area contributed by atoms with Crippen LogP contribution in [0.1, 0.15) is 0 Å². The van der Waals surface area contributed by atoms with Gasteiger partial charge in [0, 0.05) is 8.44 Å². The molecule has 1 unspecified atom stereocenters. The highest BCUT2D eigenvalue weighted by Gasteiger charge is 1.86. The van der Waals surface area contributed by atoms with Gasteiger partial charge in [0.1, 0.15) is 0 Å². The first-order valence-electron chi connectivity index (χ1n) is 0.723. The molecular weight excluding hydrogens is 114 g/mol. The van der Waals surface area contributed by atoms with E-state index in [1.165, 1.54) is 0 Å². The molecular formula is H2FO2PS. The van der Waals surface area contributed by atoms with Gasteiger partial charge in [0.15, 0.2) is 0 Å². The summed E-state index contributed by atoms with van der Waals surface area (Å²) >= 11 is 0. The summed E-state index contributed by atoms with van der Waals surface area (Å²) in [6, 6.07) is 0. The molecule has 1 atom stereocenters.